The van der Waals surface area contributed by atoms with Crippen molar-refractivity contribution in [1.29, 1.82) is 0 Å². The summed E-state index contributed by atoms with van der Waals surface area (Å²) in [5.74, 6) is -0.489. The molecular formula is C18H26N2O5. The van der Waals surface area contributed by atoms with Gasteiger partial charge in [-0.1, -0.05) is 12.1 Å². The summed E-state index contributed by atoms with van der Waals surface area (Å²) in [5, 5.41) is 5.29. The molecule has 1 aromatic carbocycles. The molecule has 2 amide bonds. The van der Waals surface area contributed by atoms with E-state index in [4.69, 9.17) is 14.2 Å². The van der Waals surface area contributed by atoms with E-state index in [0.717, 1.165) is 24.2 Å². The van der Waals surface area contributed by atoms with Crippen LogP contribution in [0.2, 0.25) is 0 Å². The van der Waals surface area contributed by atoms with Crippen LogP contribution in [-0.2, 0) is 24.5 Å². The van der Waals surface area contributed by atoms with Crippen molar-refractivity contribution in [2.75, 3.05) is 47.1 Å². The number of carbonyl (C=O) groups excluding carboxylic acids is 2. The molecule has 0 unspecified atom stereocenters. The van der Waals surface area contributed by atoms with Crippen LogP contribution < -0.4 is 15.4 Å². The van der Waals surface area contributed by atoms with Gasteiger partial charge in [0.2, 0.25) is 0 Å². The first-order valence-corrected chi connectivity index (χ1v) is 8.38. The van der Waals surface area contributed by atoms with Crippen molar-refractivity contribution < 1.29 is 23.8 Å². The number of benzene rings is 1. The summed E-state index contributed by atoms with van der Waals surface area (Å²) in [7, 11) is 3.16. The lowest BCUT2D eigenvalue weighted by Crippen LogP contribution is -2.48. The molecule has 1 heterocycles. The fourth-order valence-electron chi connectivity index (χ4n) is 2.95. The molecule has 1 aromatic rings. The highest BCUT2D eigenvalue weighted by atomic mass is 16.5. The van der Waals surface area contributed by atoms with Gasteiger partial charge in [0.1, 0.15) is 5.75 Å². The van der Waals surface area contributed by atoms with Crippen LogP contribution in [-0.4, -0.2) is 58.9 Å². The summed E-state index contributed by atoms with van der Waals surface area (Å²) in [6.45, 7) is 2.31. The van der Waals surface area contributed by atoms with Crippen LogP contribution in [0.3, 0.4) is 0 Å². The number of methoxy groups -OCH3 is 2. The highest BCUT2D eigenvalue weighted by molar-refractivity contribution is 6.35. The van der Waals surface area contributed by atoms with Gasteiger partial charge in [0, 0.05) is 38.8 Å². The van der Waals surface area contributed by atoms with Gasteiger partial charge >= 0.3 is 11.8 Å². The van der Waals surface area contributed by atoms with Crippen molar-refractivity contribution in [3.8, 4) is 5.75 Å². The molecule has 0 saturated carbocycles. The average molecular weight is 350 g/mol. The Labute approximate surface area is 148 Å². The molecule has 0 atom stereocenters. The summed E-state index contributed by atoms with van der Waals surface area (Å²) in [6, 6.07) is 7.83. The normalized spacial score (nSPS) is 16.1. The van der Waals surface area contributed by atoms with E-state index in [2.05, 4.69) is 10.6 Å². The van der Waals surface area contributed by atoms with Gasteiger partial charge in [-0.3, -0.25) is 9.59 Å². The van der Waals surface area contributed by atoms with Crippen molar-refractivity contribution in [1.82, 2.24) is 10.6 Å². The van der Waals surface area contributed by atoms with Crippen molar-refractivity contribution in [2.24, 2.45) is 0 Å². The van der Waals surface area contributed by atoms with Gasteiger partial charge in [-0.05, 0) is 30.5 Å². The van der Waals surface area contributed by atoms with Gasteiger partial charge in [0.15, 0.2) is 0 Å². The van der Waals surface area contributed by atoms with Gasteiger partial charge in [0.25, 0.3) is 0 Å². The molecule has 0 radical (unpaired) electrons. The minimum atomic E-state index is -0.644. The van der Waals surface area contributed by atoms with Crippen LogP contribution in [0.25, 0.3) is 0 Å². The SMILES string of the molecule is COCCNC(=O)C(=O)NCC1(c2ccc(OC)cc2)CCOCC1. The van der Waals surface area contributed by atoms with Gasteiger partial charge < -0.3 is 24.8 Å². The van der Waals surface area contributed by atoms with Crippen molar-refractivity contribution in [2.45, 2.75) is 18.3 Å². The molecule has 0 aromatic heterocycles. The Morgan fingerprint density at radius 1 is 1.08 bits per heavy atom. The fourth-order valence-corrected chi connectivity index (χ4v) is 2.95. The molecule has 7 heteroatoms. The van der Waals surface area contributed by atoms with E-state index in [1.165, 1.54) is 7.11 Å². The Morgan fingerprint density at radius 2 is 1.72 bits per heavy atom. The number of ether oxygens (including phenoxy) is 3. The number of nitrogens with one attached hydrogen (secondary N) is 2. The quantitative estimate of drug-likeness (QED) is 0.556. The lowest BCUT2D eigenvalue weighted by atomic mass is 9.74. The molecular weight excluding hydrogens is 324 g/mol. The number of carbonyl (C=O) groups is 2. The van der Waals surface area contributed by atoms with E-state index in [0.29, 0.717) is 32.9 Å². The third-order valence-electron chi connectivity index (χ3n) is 4.54. The Bertz CT molecular complexity index is 567. The largest absolute Gasteiger partial charge is 0.497 e. The summed E-state index contributed by atoms with van der Waals surface area (Å²) < 4.78 is 15.5. The maximum Gasteiger partial charge on any atom is 0.309 e. The van der Waals surface area contributed by atoms with Gasteiger partial charge in [-0.25, -0.2) is 0 Å². The van der Waals surface area contributed by atoms with Crippen molar-refractivity contribution in [3.63, 3.8) is 0 Å². The minimum absolute atomic E-state index is 0.243. The first-order chi connectivity index (χ1) is 12.1. The molecule has 25 heavy (non-hydrogen) atoms. The average Bonchev–Trinajstić information content (AvgIpc) is 2.67. The van der Waals surface area contributed by atoms with E-state index in [-0.39, 0.29) is 5.41 Å². The van der Waals surface area contributed by atoms with Crippen LogP contribution in [0, 0.1) is 0 Å². The molecule has 2 N–H and O–H groups in total. The number of amides is 2. The topological polar surface area (TPSA) is 85.9 Å². The van der Waals surface area contributed by atoms with Crippen LogP contribution in [0.15, 0.2) is 24.3 Å². The van der Waals surface area contributed by atoms with Crippen LogP contribution >= 0.6 is 0 Å². The molecule has 0 spiro atoms. The zero-order valence-electron chi connectivity index (χ0n) is 14.8. The second-order valence-corrected chi connectivity index (χ2v) is 6.05. The maximum atomic E-state index is 12.0. The molecule has 1 saturated heterocycles. The first kappa shape index (κ1) is 19.2. The second-order valence-electron chi connectivity index (χ2n) is 6.05. The molecule has 0 bridgehead atoms. The second kappa shape index (κ2) is 9.39. The lowest BCUT2D eigenvalue weighted by Gasteiger charge is -2.38. The summed E-state index contributed by atoms with van der Waals surface area (Å²) in [4.78, 5) is 23.8. The van der Waals surface area contributed by atoms with E-state index in [1.807, 2.05) is 24.3 Å². The number of hydrogen-bond acceptors (Lipinski definition) is 5. The maximum absolute atomic E-state index is 12.0. The van der Waals surface area contributed by atoms with Gasteiger partial charge in [-0.15, -0.1) is 0 Å². The lowest BCUT2D eigenvalue weighted by molar-refractivity contribution is -0.139. The Balaban J connectivity index is 2.02. The molecule has 0 aliphatic carbocycles. The Kier molecular flexibility index (Phi) is 7.21. The van der Waals surface area contributed by atoms with Crippen molar-refractivity contribution >= 4 is 11.8 Å². The highest BCUT2D eigenvalue weighted by Crippen LogP contribution is 2.35. The first-order valence-electron chi connectivity index (χ1n) is 8.38. The van der Waals surface area contributed by atoms with E-state index in [1.54, 1.807) is 7.11 Å². The zero-order chi connectivity index (χ0) is 18.1. The molecule has 2 rings (SSSR count). The third-order valence-corrected chi connectivity index (χ3v) is 4.54. The molecule has 1 aliphatic rings. The predicted octanol–water partition coefficient (Wildman–Crippen LogP) is 0.622. The van der Waals surface area contributed by atoms with Crippen molar-refractivity contribution in [3.05, 3.63) is 29.8 Å². The van der Waals surface area contributed by atoms with Crippen LogP contribution in [0.5, 0.6) is 5.75 Å². The number of rotatable bonds is 7. The molecule has 138 valence electrons. The molecule has 7 nitrogen and oxygen atoms in total. The summed E-state index contributed by atoms with van der Waals surface area (Å²) in [5.41, 5.74) is 0.865. The van der Waals surface area contributed by atoms with Gasteiger partial charge in [0.05, 0.1) is 13.7 Å². The third kappa shape index (κ3) is 5.17. The minimum Gasteiger partial charge on any atom is -0.497 e. The smallest absolute Gasteiger partial charge is 0.309 e. The monoisotopic (exact) mass is 350 g/mol. The summed E-state index contributed by atoms with van der Waals surface area (Å²) >= 11 is 0. The summed E-state index contributed by atoms with van der Waals surface area (Å²) in [6.07, 6.45) is 1.57. The molecule has 1 aliphatic heterocycles. The molecule has 1 fully saturated rings. The van der Waals surface area contributed by atoms with Crippen LogP contribution in [0.4, 0.5) is 0 Å². The fraction of sp³-hybridized carbons (Fsp3) is 0.556. The standard InChI is InChI=1S/C18H26N2O5/c1-23-12-9-19-16(21)17(22)20-13-18(7-10-25-11-8-18)14-3-5-15(24-2)6-4-14/h3-6H,7-13H2,1-2H3,(H,19,21)(H,20,22). The van der Waals surface area contributed by atoms with E-state index in [9.17, 15) is 9.59 Å². The van der Waals surface area contributed by atoms with E-state index >= 15 is 0 Å². The highest BCUT2D eigenvalue weighted by Gasteiger charge is 2.35. The zero-order valence-corrected chi connectivity index (χ0v) is 14.8. The predicted molar refractivity (Wildman–Crippen MR) is 92.6 cm³/mol. The van der Waals surface area contributed by atoms with E-state index < -0.39 is 11.8 Å². The van der Waals surface area contributed by atoms with Gasteiger partial charge in [-0.2, -0.15) is 0 Å². The Morgan fingerprint density at radius 3 is 2.32 bits per heavy atom. The number of hydrogen-bond donors (Lipinski definition) is 2. The Hall–Kier alpha value is -2.12. The van der Waals surface area contributed by atoms with Crippen LogP contribution in [0.1, 0.15) is 18.4 Å².